The van der Waals surface area contributed by atoms with E-state index in [2.05, 4.69) is 24.1 Å². The predicted molar refractivity (Wildman–Crippen MR) is 65.1 cm³/mol. The Morgan fingerprint density at radius 2 is 1.93 bits per heavy atom. The Labute approximate surface area is 94.4 Å². The quantitative estimate of drug-likeness (QED) is 0.749. The minimum atomic E-state index is 0.819. The Kier molecular flexibility index (Phi) is 4.04. The minimum absolute atomic E-state index is 0.819. The van der Waals surface area contributed by atoms with E-state index in [0.717, 1.165) is 18.0 Å². The topological polar surface area (TPSA) is 15.3 Å². The van der Waals surface area contributed by atoms with Gasteiger partial charge in [0.1, 0.15) is 0 Å². The summed E-state index contributed by atoms with van der Waals surface area (Å²) in [5, 5.41) is 3.40. The molecule has 1 heterocycles. The summed E-state index contributed by atoms with van der Waals surface area (Å²) < 4.78 is 0. The Bertz CT molecular complexity index is 183. The van der Waals surface area contributed by atoms with E-state index in [9.17, 15) is 0 Å². The second-order valence-corrected chi connectivity index (χ2v) is 5.34. The lowest BCUT2D eigenvalue weighted by Crippen LogP contribution is -2.60. The van der Waals surface area contributed by atoms with Crippen LogP contribution < -0.4 is 5.32 Å². The zero-order chi connectivity index (χ0) is 10.7. The lowest BCUT2D eigenvalue weighted by molar-refractivity contribution is 0.0724. The molecule has 1 N–H and O–H groups in total. The van der Waals surface area contributed by atoms with Gasteiger partial charge in [0.2, 0.25) is 0 Å². The van der Waals surface area contributed by atoms with Gasteiger partial charge in [-0.05, 0) is 38.6 Å². The van der Waals surface area contributed by atoms with Crippen LogP contribution in [0.3, 0.4) is 0 Å². The molecule has 0 aromatic rings. The van der Waals surface area contributed by atoms with Crippen molar-refractivity contribution in [1.82, 2.24) is 10.2 Å². The smallest absolute Gasteiger partial charge is 0.0348 e. The Balaban J connectivity index is 1.89. The van der Waals surface area contributed by atoms with Crippen LogP contribution in [-0.4, -0.2) is 36.6 Å². The molecule has 0 bridgehead atoms. The Hall–Kier alpha value is -0.0800. The fourth-order valence-electron chi connectivity index (χ4n) is 3.20. The summed E-state index contributed by atoms with van der Waals surface area (Å²) >= 11 is 0. The monoisotopic (exact) mass is 210 g/mol. The van der Waals surface area contributed by atoms with Gasteiger partial charge in [0.15, 0.2) is 0 Å². The SMILES string of the molecule is CCCN(C1CNC1)C(C)C1CCCC1. The first-order valence-electron chi connectivity index (χ1n) is 6.79. The van der Waals surface area contributed by atoms with E-state index < -0.39 is 0 Å². The summed E-state index contributed by atoms with van der Waals surface area (Å²) in [5.41, 5.74) is 0. The molecule has 2 rings (SSSR count). The first-order chi connectivity index (χ1) is 7.33. The summed E-state index contributed by atoms with van der Waals surface area (Å²) in [7, 11) is 0. The van der Waals surface area contributed by atoms with Crippen molar-refractivity contribution in [1.29, 1.82) is 0 Å². The molecule has 2 aliphatic rings. The van der Waals surface area contributed by atoms with E-state index in [0.29, 0.717) is 0 Å². The fraction of sp³-hybridized carbons (Fsp3) is 1.00. The van der Waals surface area contributed by atoms with E-state index >= 15 is 0 Å². The molecule has 0 radical (unpaired) electrons. The first kappa shape index (κ1) is 11.4. The number of nitrogens with one attached hydrogen (secondary N) is 1. The average molecular weight is 210 g/mol. The largest absolute Gasteiger partial charge is 0.314 e. The van der Waals surface area contributed by atoms with E-state index in [1.807, 2.05) is 0 Å². The van der Waals surface area contributed by atoms with Gasteiger partial charge in [0.05, 0.1) is 0 Å². The second-order valence-electron chi connectivity index (χ2n) is 5.34. The normalized spacial score (nSPS) is 25.8. The highest BCUT2D eigenvalue weighted by molar-refractivity contribution is 4.90. The van der Waals surface area contributed by atoms with Crippen LogP contribution in [0.4, 0.5) is 0 Å². The highest BCUT2D eigenvalue weighted by Gasteiger charge is 2.32. The van der Waals surface area contributed by atoms with Gasteiger partial charge in [-0.25, -0.2) is 0 Å². The van der Waals surface area contributed by atoms with Gasteiger partial charge < -0.3 is 5.32 Å². The van der Waals surface area contributed by atoms with Crippen LogP contribution >= 0.6 is 0 Å². The number of hydrogen-bond donors (Lipinski definition) is 1. The third-order valence-electron chi connectivity index (χ3n) is 4.32. The van der Waals surface area contributed by atoms with Gasteiger partial charge in [-0.2, -0.15) is 0 Å². The molecule has 2 fully saturated rings. The van der Waals surface area contributed by atoms with Gasteiger partial charge in [0, 0.05) is 25.2 Å². The third-order valence-corrected chi connectivity index (χ3v) is 4.32. The molecule has 0 spiro atoms. The highest BCUT2D eigenvalue weighted by Crippen LogP contribution is 2.31. The van der Waals surface area contributed by atoms with E-state index in [4.69, 9.17) is 0 Å². The van der Waals surface area contributed by atoms with Crippen LogP contribution in [0.2, 0.25) is 0 Å². The van der Waals surface area contributed by atoms with Gasteiger partial charge in [-0.15, -0.1) is 0 Å². The molecular formula is C13H26N2. The van der Waals surface area contributed by atoms with Crippen LogP contribution in [0.15, 0.2) is 0 Å². The van der Waals surface area contributed by atoms with Crippen LogP contribution in [-0.2, 0) is 0 Å². The van der Waals surface area contributed by atoms with E-state index in [1.54, 1.807) is 0 Å². The van der Waals surface area contributed by atoms with Crippen molar-refractivity contribution in [2.24, 2.45) is 5.92 Å². The molecule has 1 aliphatic heterocycles. The molecule has 1 unspecified atom stereocenters. The standard InChI is InChI=1S/C13H26N2/c1-3-8-15(13-9-14-10-13)11(2)12-6-4-5-7-12/h11-14H,3-10H2,1-2H3. The van der Waals surface area contributed by atoms with E-state index in [1.165, 1.54) is 51.7 Å². The number of hydrogen-bond acceptors (Lipinski definition) is 2. The van der Waals surface area contributed by atoms with Crippen LogP contribution in [0.25, 0.3) is 0 Å². The molecule has 0 amide bonds. The lowest BCUT2D eigenvalue weighted by Gasteiger charge is -2.43. The number of nitrogens with zero attached hydrogens (tertiary/aromatic N) is 1. The molecule has 15 heavy (non-hydrogen) atoms. The van der Waals surface area contributed by atoms with Crippen LogP contribution in [0.1, 0.15) is 46.0 Å². The van der Waals surface area contributed by atoms with Crippen LogP contribution in [0, 0.1) is 5.92 Å². The maximum Gasteiger partial charge on any atom is 0.0348 e. The van der Waals surface area contributed by atoms with Crippen molar-refractivity contribution in [3.63, 3.8) is 0 Å². The van der Waals surface area contributed by atoms with Gasteiger partial charge in [-0.3, -0.25) is 4.90 Å². The molecule has 1 saturated heterocycles. The lowest BCUT2D eigenvalue weighted by atomic mass is 9.95. The molecule has 1 saturated carbocycles. The summed E-state index contributed by atoms with van der Waals surface area (Å²) in [6.45, 7) is 8.50. The van der Waals surface area contributed by atoms with Crippen molar-refractivity contribution < 1.29 is 0 Å². The Morgan fingerprint density at radius 1 is 1.27 bits per heavy atom. The molecule has 88 valence electrons. The third kappa shape index (κ3) is 2.54. The average Bonchev–Trinajstić information content (AvgIpc) is 2.66. The molecule has 2 heteroatoms. The zero-order valence-electron chi connectivity index (χ0n) is 10.3. The number of rotatable bonds is 5. The van der Waals surface area contributed by atoms with Gasteiger partial charge in [-0.1, -0.05) is 19.8 Å². The molecule has 0 aromatic heterocycles. The van der Waals surface area contributed by atoms with Crippen molar-refractivity contribution in [3.05, 3.63) is 0 Å². The maximum absolute atomic E-state index is 3.40. The molecule has 2 nitrogen and oxygen atoms in total. The molecule has 1 aliphatic carbocycles. The van der Waals surface area contributed by atoms with Crippen molar-refractivity contribution in [2.75, 3.05) is 19.6 Å². The predicted octanol–water partition coefficient (Wildman–Crippen LogP) is 2.25. The summed E-state index contributed by atoms with van der Waals surface area (Å²) in [5.74, 6) is 0.983. The van der Waals surface area contributed by atoms with E-state index in [-0.39, 0.29) is 0 Å². The Morgan fingerprint density at radius 3 is 2.40 bits per heavy atom. The second kappa shape index (κ2) is 5.31. The summed E-state index contributed by atoms with van der Waals surface area (Å²) in [6.07, 6.45) is 7.19. The minimum Gasteiger partial charge on any atom is -0.314 e. The van der Waals surface area contributed by atoms with Gasteiger partial charge in [0.25, 0.3) is 0 Å². The molecular weight excluding hydrogens is 184 g/mol. The van der Waals surface area contributed by atoms with Crippen molar-refractivity contribution in [2.45, 2.75) is 58.0 Å². The van der Waals surface area contributed by atoms with Crippen molar-refractivity contribution >= 4 is 0 Å². The summed E-state index contributed by atoms with van der Waals surface area (Å²) in [6, 6.07) is 1.65. The maximum atomic E-state index is 3.40. The highest BCUT2D eigenvalue weighted by atomic mass is 15.3. The fourth-order valence-corrected chi connectivity index (χ4v) is 3.20. The van der Waals surface area contributed by atoms with Crippen LogP contribution in [0.5, 0.6) is 0 Å². The summed E-state index contributed by atoms with van der Waals surface area (Å²) in [4.78, 5) is 2.77. The van der Waals surface area contributed by atoms with Crippen molar-refractivity contribution in [3.8, 4) is 0 Å². The zero-order valence-corrected chi connectivity index (χ0v) is 10.3. The first-order valence-corrected chi connectivity index (χ1v) is 6.79. The molecule has 0 aromatic carbocycles. The van der Waals surface area contributed by atoms with Gasteiger partial charge >= 0.3 is 0 Å². The molecule has 1 atom stereocenters.